The molecule has 0 fully saturated rings. The van der Waals surface area contributed by atoms with E-state index in [2.05, 4.69) is 51.1 Å². The average molecular weight is 295 g/mol. The van der Waals surface area contributed by atoms with E-state index in [1.165, 1.54) is 36.8 Å². The standard InChI is InChI=1S/C16H22.BrH/c1-4-5-8-13-11-12-16(2,3)15-10-7-6-9-14(13)15;/h6-7,9-11H,4-5,8,12H2,1-3H3;1H. The third-order valence-corrected chi connectivity index (χ3v) is 3.66. The van der Waals surface area contributed by atoms with E-state index >= 15 is 0 Å². The molecule has 0 atom stereocenters. The lowest BCUT2D eigenvalue weighted by atomic mass is 9.73. The molecule has 0 spiro atoms. The van der Waals surface area contributed by atoms with Crippen LogP contribution in [0.5, 0.6) is 0 Å². The van der Waals surface area contributed by atoms with Crippen LogP contribution < -0.4 is 0 Å². The Bertz CT molecular complexity index is 402. The Hall–Kier alpha value is -0.560. The minimum Gasteiger partial charge on any atom is -0.114 e. The van der Waals surface area contributed by atoms with Gasteiger partial charge in [-0.3, -0.25) is 0 Å². The van der Waals surface area contributed by atoms with E-state index in [-0.39, 0.29) is 17.0 Å². The summed E-state index contributed by atoms with van der Waals surface area (Å²) in [7, 11) is 0. The Kier molecular flexibility index (Phi) is 5.00. The largest absolute Gasteiger partial charge is 0.114 e. The summed E-state index contributed by atoms with van der Waals surface area (Å²) in [6.07, 6.45) is 7.47. The van der Waals surface area contributed by atoms with Crippen LogP contribution in [0.4, 0.5) is 0 Å². The Morgan fingerprint density at radius 2 is 1.88 bits per heavy atom. The van der Waals surface area contributed by atoms with Gasteiger partial charge in [0.1, 0.15) is 0 Å². The van der Waals surface area contributed by atoms with Crippen LogP contribution in [0.2, 0.25) is 0 Å². The van der Waals surface area contributed by atoms with Crippen molar-refractivity contribution in [3.8, 4) is 0 Å². The van der Waals surface area contributed by atoms with Gasteiger partial charge in [0.15, 0.2) is 0 Å². The lowest BCUT2D eigenvalue weighted by Gasteiger charge is -2.32. The highest BCUT2D eigenvalue weighted by atomic mass is 79.9. The van der Waals surface area contributed by atoms with Crippen molar-refractivity contribution in [1.82, 2.24) is 0 Å². The van der Waals surface area contributed by atoms with E-state index in [1.54, 1.807) is 5.57 Å². The Balaban J connectivity index is 0.00000144. The maximum absolute atomic E-state index is 2.46. The van der Waals surface area contributed by atoms with Crippen molar-refractivity contribution < 1.29 is 0 Å². The van der Waals surface area contributed by atoms with Gasteiger partial charge in [0, 0.05) is 0 Å². The number of fused-ring (bicyclic) bond motifs is 1. The number of unbranched alkanes of at least 4 members (excludes halogenated alkanes) is 1. The lowest BCUT2D eigenvalue weighted by molar-refractivity contribution is 0.525. The molecule has 0 bridgehead atoms. The zero-order chi connectivity index (χ0) is 11.6. The Labute approximate surface area is 116 Å². The molecule has 1 aliphatic carbocycles. The summed E-state index contributed by atoms with van der Waals surface area (Å²) in [5, 5.41) is 0. The molecule has 1 aromatic rings. The number of benzene rings is 1. The number of hydrogen-bond donors (Lipinski definition) is 0. The number of halogens is 1. The average Bonchev–Trinajstić information content (AvgIpc) is 2.29. The van der Waals surface area contributed by atoms with Crippen LogP contribution in [0, 0.1) is 0 Å². The minimum atomic E-state index is 0. The third kappa shape index (κ3) is 3.01. The molecule has 0 aliphatic heterocycles. The number of rotatable bonds is 3. The van der Waals surface area contributed by atoms with Crippen LogP contribution in [0.25, 0.3) is 5.57 Å². The summed E-state index contributed by atoms with van der Waals surface area (Å²) in [5.74, 6) is 0. The zero-order valence-electron chi connectivity index (χ0n) is 11.1. The maximum Gasteiger partial charge on any atom is -0.00629 e. The highest BCUT2D eigenvalue weighted by Gasteiger charge is 2.26. The summed E-state index contributed by atoms with van der Waals surface area (Å²) in [5.41, 5.74) is 4.90. The van der Waals surface area contributed by atoms with Crippen LogP contribution >= 0.6 is 17.0 Å². The van der Waals surface area contributed by atoms with Gasteiger partial charge in [-0.2, -0.15) is 0 Å². The molecule has 1 aromatic carbocycles. The van der Waals surface area contributed by atoms with Crippen LogP contribution in [0.1, 0.15) is 57.6 Å². The molecular formula is C16H23Br. The van der Waals surface area contributed by atoms with Crippen LogP contribution in [0.3, 0.4) is 0 Å². The minimum absolute atomic E-state index is 0. The van der Waals surface area contributed by atoms with E-state index in [1.807, 2.05) is 0 Å². The van der Waals surface area contributed by atoms with E-state index < -0.39 is 0 Å². The normalized spacial score (nSPS) is 16.8. The summed E-state index contributed by atoms with van der Waals surface area (Å²) in [4.78, 5) is 0. The van der Waals surface area contributed by atoms with E-state index in [4.69, 9.17) is 0 Å². The van der Waals surface area contributed by atoms with Gasteiger partial charge in [0.05, 0.1) is 0 Å². The summed E-state index contributed by atoms with van der Waals surface area (Å²) < 4.78 is 0. The second-order valence-electron chi connectivity index (χ2n) is 5.47. The highest BCUT2D eigenvalue weighted by Crippen LogP contribution is 2.40. The monoisotopic (exact) mass is 294 g/mol. The molecule has 17 heavy (non-hydrogen) atoms. The second-order valence-corrected chi connectivity index (χ2v) is 5.47. The molecule has 1 aliphatic rings. The molecule has 2 rings (SSSR count). The zero-order valence-corrected chi connectivity index (χ0v) is 12.8. The summed E-state index contributed by atoms with van der Waals surface area (Å²) >= 11 is 0. The van der Waals surface area contributed by atoms with E-state index in [0.29, 0.717) is 5.41 Å². The second kappa shape index (κ2) is 5.86. The molecule has 0 saturated carbocycles. The molecule has 1 heteroatoms. The van der Waals surface area contributed by atoms with Crippen molar-refractivity contribution in [2.75, 3.05) is 0 Å². The molecular weight excluding hydrogens is 272 g/mol. The highest BCUT2D eigenvalue weighted by molar-refractivity contribution is 8.93. The first-order chi connectivity index (χ1) is 7.65. The van der Waals surface area contributed by atoms with Crippen molar-refractivity contribution in [2.24, 2.45) is 0 Å². The lowest BCUT2D eigenvalue weighted by Crippen LogP contribution is -2.21. The van der Waals surface area contributed by atoms with Crippen LogP contribution in [0.15, 0.2) is 30.3 Å². The molecule has 0 unspecified atom stereocenters. The molecule has 0 nitrogen and oxygen atoms in total. The molecule has 0 saturated heterocycles. The Morgan fingerprint density at radius 1 is 1.18 bits per heavy atom. The molecule has 0 radical (unpaired) electrons. The van der Waals surface area contributed by atoms with Crippen molar-refractivity contribution in [2.45, 2.75) is 51.9 Å². The van der Waals surface area contributed by atoms with Crippen molar-refractivity contribution >= 4 is 22.6 Å². The van der Waals surface area contributed by atoms with Gasteiger partial charge in [-0.05, 0) is 41.4 Å². The number of hydrogen-bond acceptors (Lipinski definition) is 0. The first-order valence-corrected chi connectivity index (χ1v) is 6.44. The van der Waals surface area contributed by atoms with Gasteiger partial charge in [0.25, 0.3) is 0 Å². The summed E-state index contributed by atoms with van der Waals surface area (Å²) in [6, 6.07) is 8.93. The molecule has 0 amide bonds. The molecule has 0 heterocycles. The fourth-order valence-electron chi connectivity index (χ4n) is 2.56. The van der Waals surface area contributed by atoms with Crippen LogP contribution in [-0.4, -0.2) is 0 Å². The summed E-state index contributed by atoms with van der Waals surface area (Å²) in [6.45, 7) is 6.96. The van der Waals surface area contributed by atoms with E-state index in [0.717, 1.165) is 0 Å². The van der Waals surface area contributed by atoms with Gasteiger partial charge >= 0.3 is 0 Å². The molecule has 0 aromatic heterocycles. The number of allylic oxidation sites excluding steroid dienone is 2. The topological polar surface area (TPSA) is 0 Å². The van der Waals surface area contributed by atoms with Gasteiger partial charge in [-0.1, -0.05) is 57.5 Å². The van der Waals surface area contributed by atoms with Crippen molar-refractivity contribution in [3.05, 3.63) is 41.5 Å². The van der Waals surface area contributed by atoms with Crippen molar-refractivity contribution in [3.63, 3.8) is 0 Å². The SMILES string of the molecule is Br.CCCCC1=CCC(C)(C)c2ccccc21. The van der Waals surface area contributed by atoms with Crippen molar-refractivity contribution in [1.29, 1.82) is 0 Å². The van der Waals surface area contributed by atoms with Crippen LogP contribution in [-0.2, 0) is 5.41 Å². The molecule has 94 valence electrons. The van der Waals surface area contributed by atoms with E-state index in [9.17, 15) is 0 Å². The first-order valence-electron chi connectivity index (χ1n) is 6.44. The van der Waals surface area contributed by atoms with Gasteiger partial charge in [0.2, 0.25) is 0 Å². The van der Waals surface area contributed by atoms with Gasteiger partial charge in [-0.25, -0.2) is 0 Å². The third-order valence-electron chi connectivity index (χ3n) is 3.66. The maximum atomic E-state index is 2.46. The predicted molar refractivity (Wildman–Crippen MR) is 81.9 cm³/mol. The Morgan fingerprint density at radius 3 is 2.59 bits per heavy atom. The van der Waals surface area contributed by atoms with Gasteiger partial charge in [-0.15, -0.1) is 17.0 Å². The van der Waals surface area contributed by atoms with Gasteiger partial charge < -0.3 is 0 Å². The molecule has 0 N–H and O–H groups in total. The smallest absolute Gasteiger partial charge is 0.00629 e. The quantitative estimate of drug-likeness (QED) is 0.688. The fourth-order valence-corrected chi connectivity index (χ4v) is 2.56. The fraction of sp³-hybridized carbons (Fsp3) is 0.500. The predicted octanol–water partition coefficient (Wildman–Crippen LogP) is 5.52. The first kappa shape index (κ1) is 14.5.